The number of hydrogen-bond donors (Lipinski definition) is 1. The predicted molar refractivity (Wildman–Crippen MR) is 56.6 cm³/mol. The first-order valence-electron chi connectivity index (χ1n) is 4.20. The average Bonchev–Trinajstić information content (AvgIpc) is 2.24. The third-order valence-corrected chi connectivity index (χ3v) is 2.10. The third-order valence-electron chi connectivity index (χ3n) is 1.81. The highest BCUT2D eigenvalue weighted by Gasteiger charge is 2.10. The van der Waals surface area contributed by atoms with E-state index in [0.717, 1.165) is 0 Å². The molecule has 0 aliphatic rings. The van der Waals surface area contributed by atoms with E-state index < -0.39 is 11.9 Å². The molecule has 76 valence electrons. The van der Waals surface area contributed by atoms with Gasteiger partial charge in [-0.15, -0.1) is 6.42 Å². The van der Waals surface area contributed by atoms with Gasteiger partial charge in [-0.3, -0.25) is 5.32 Å². The van der Waals surface area contributed by atoms with Gasteiger partial charge in [-0.25, -0.2) is 4.39 Å². The van der Waals surface area contributed by atoms with Crippen LogP contribution >= 0.6 is 11.6 Å². The third kappa shape index (κ3) is 2.95. The second-order valence-corrected chi connectivity index (χ2v) is 3.23. The van der Waals surface area contributed by atoms with Crippen molar-refractivity contribution in [1.29, 1.82) is 5.26 Å². The molecule has 0 aliphatic heterocycles. The van der Waals surface area contributed by atoms with Crippen LogP contribution in [0, 0.1) is 29.5 Å². The van der Waals surface area contributed by atoms with Crippen molar-refractivity contribution >= 4 is 11.6 Å². The minimum Gasteiger partial charge on any atom is -0.287 e. The molecule has 1 aromatic carbocycles. The Morgan fingerprint density at radius 3 is 2.87 bits per heavy atom. The standard InChI is InChI=1S/C11H8ClFN2/c1-2-5-15-11(7-14)8-3-4-10(13)9(12)6-8/h1,3-4,6,11,15H,5H2. The Balaban J connectivity index is 2.89. The molecular formula is C11H8ClFN2. The van der Waals surface area contributed by atoms with Gasteiger partial charge < -0.3 is 0 Å². The molecule has 0 heterocycles. The second kappa shape index (κ2) is 5.36. The molecule has 0 saturated carbocycles. The lowest BCUT2D eigenvalue weighted by molar-refractivity contribution is 0.624. The summed E-state index contributed by atoms with van der Waals surface area (Å²) in [6.07, 6.45) is 5.06. The number of hydrogen-bond acceptors (Lipinski definition) is 2. The summed E-state index contributed by atoms with van der Waals surface area (Å²) in [7, 11) is 0. The predicted octanol–water partition coefficient (Wildman–Crippen LogP) is 2.27. The van der Waals surface area contributed by atoms with E-state index in [9.17, 15) is 4.39 Å². The van der Waals surface area contributed by atoms with Crippen molar-refractivity contribution in [3.05, 3.63) is 34.6 Å². The minimum atomic E-state index is -0.570. The Bertz CT molecular complexity index is 431. The van der Waals surface area contributed by atoms with Crippen LogP contribution in [-0.4, -0.2) is 6.54 Å². The van der Waals surface area contributed by atoms with Crippen LogP contribution in [0.4, 0.5) is 4.39 Å². The van der Waals surface area contributed by atoms with Crippen LogP contribution in [0.3, 0.4) is 0 Å². The second-order valence-electron chi connectivity index (χ2n) is 2.82. The molecular weight excluding hydrogens is 215 g/mol. The molecule has 0 saturated heterocycles. The zero-order valence-electron chi connectivity index (χ0n) is 7.80. The van der Waals surface area contributed by atoms with Crippen molar-refractivity contribution in [2.45, 2.75) is 6.04 Å². The SMILES string of the molecule is C#CCNC(C#N)c1ccc(F)c(Cl)c1. The fraction of sp³-hybridized carbons (Fsp3) is 0.182. The van der Waals surface area contributed by atoms with E-state index >= 15 is 0 Å². The summed E-state index contributed by atoms with van der Waals surface area (Å²) < 4.78 is 12.9. The van der Waals surface area contributed by atoms with Crippen molar-refractivity contribution in [3.63, 3.8) is 0 Å². The van der Waals surface area contributed by atoms with Crippen LogP contribution in [-0.2, 0) is 0 Å². The summed E-state index contributed by atoms with van der Waals surface area (Å²) in [6.45, 7) is 0.271. The summed E-state index contributed by atoms with van der Waals surface area (Å²) in [5.74, 6) is 1.85. The van der Waals surface area contributed by atoms with Crippen molar-refractivity contribution in [1.82, 2.24) is 5.32 Å². The molecule has 0 aromatic heterocycles. The van der Waals surface area contributed by atoms with Gasteiger partial charge in [0, 0.05) is 0 Å². The molecule has 0 fully saturated rings. The molecule has 1 rings (SSSR count). The topological polar surface area (TPSA) is 35.8 Å². The zero-order chi connectivity index (χ0) is 11.3. The van der Waals surface area contributed by atoms with E-state index in [4.69, 9.17) is 23.3 Å². The van der Waals surface area contributed by atoms with Gasteiger partial charge in [0.05, 0.1) is 17.6 Å². The molecule has 1 aromatic rings. The fourth-order valence-electron chi connectivity index (χ4n) is 1.09. The molecule has 2 nitrogen and oxygen atoms in total. The highest BCUT2D eigenvalue weighted by Crippen LogP contribution is 2.20. The maximum absolute atomic E-state index is 12.9. The van der Waals surface area contributed by atoms with Crippen molar-refractivity contribution < 1.29 is 4.39 Å². The lowest BCUT2D eigenvalue weighted by Gasteiger charge is -2.09. The molecule has 0 bridgehead atoms. The Morgan fingerprint density at radius 2 is 2.33 bits per heavy atom. The smallest absolute Gasteiger partial charge is 0.141 e. The van der Waals surface area contributed by atoms with Gasteiger partial charge in [0.2, 0.25) is 0 Å². The summed E-state index contributed by atoms with van der Waals surface area (Å²) in [5, 5.41) is 11.6. The number of nitriles is 1. The maximum Gasteiger partial charge on any atom is 0.141 e. The van der Waals surface area contributed by atoms with Crippen molar-refractivity contribution in [2.75, 3.05) is 6.54 Å². The first-order chi connectivity index (χ1) is 7.19. The van der Waals surface area contributed by atoms with Crippen LogP contribution < -0.4 is 5.32 Å². The molecule has 1 N–H and O–H groups in total. The van der Waals surface area contributed by atoms with Gasteiger partial charge in [-0.1, -0.05) is 23.6 Å². The summed E-state index contributed by atoms with van der Waals surface area (Å²) in [5.41, 5.74) is 0.596. The Morgan fingerprint density at radius 1 is 1.60 bits per heavy atom. The van der Waals surface area contributed by atoms with Crippen LogP contribution in [0.25, 0.3) is 0 Å². The highest BCUT2D eigenvalue weighted by atomic mass is 35.5. The number of halogens is 2. The Labute approximate surface area is 92.7 Å². The summed E-state index contributed by atoms with van der Waals surface area (Å²) in [4.78, 5) is 0. The van der Waals surface area contributed by atoms with Gasteiger partial charge in [0.25, 0.3) is 0 Å². The first-order valence-corrected chi connectivity index (χ1v) is 4.58. The van der Waals surface area contributed by atoms with Gasteiger partial charge in [0.15, 0.2) is 0 Å². The minimum absolute atomic E-state index is 0.00439. The number of terminal acetylenes is 1. The maximum atomic E-state index is 12.9. The number of nitrogens with one attached hydrogen (secondary N) is 1. The first kappa shape index (κ1) is 11.5. The van der Waals surface area contributed by atoms with E-state index in [1.807, 2.05) is 6.07 Å². The van der Waals surface area contributed by atoms with Crippen LogP contribution in [0.15, 0.2) is 18.2 Å². The van der Waals surface area contributed by atoms with E-state index in [1.165, 1.54) is 18.2 Å². The number of benzene rings is 1. The summed E-state index contributed by atoms with van der Waals surface area (Å²) >= 11 is 5.60. The normalized spacial score (nSPS) is 11.5. The monoisotopic (exact) mass is 222 g/mol. The van der Waals surface area contributed by atoms with Gasteiger partial charge in [0.1, 0.15) is 11.9 Å². The van der Waals surface area contributed by atoms with Crippen molar-refractivity contribution in [2.24, 2.45) is 0 Å². The number of rotatable bonds is 3. The molecule has 0 radical (unpaired) electrons. The largest absolute Gasteiger partial charge is 0.287 e. The molecule has 15 heavy (non-hydrogen) atoms. The molecule has 1 unspecified atom stereocenters. The Hall–Kier alpha value is -1.55. The van der Waals surface area contributed by atoms with E-state index in [1.54, 1.807) is 0 Å². The lowest BCUT2D eigenvalue weighted by Crippen LogP contribution is -2.20. The number of nitrogens with zero attached hydrogens (tertiary/aromatic N) is 1. The molecule has 4 heteroatoms. The Kier molecular flexibility index (Phi) is 4.12. The lowest BCUT2D eigenvalue weighted by atomic mass is 10.1. The molecule has 0 amide bonds. The van der Waals surface area contributed by atoms with E-state index in [0.29, 0.717) is 5.56 Å². The van der Waals surface area contributed by atoms with Gasteiger partial charge in [-0.05, 0) is 17.7 Å². The van der Waals surface area contributed by atoms with Crippen LogP contribution in [0.1, 0.15) is 11.6 Å². The quantitative estimate of drug-likeness (QED) is 0.797. The van der Waals surface area contributed by atoms with Crippen LogP contribution in [0.5, 0.6) is 0 Å². The average molecular weight is 223 g/mol. The molecule has 0 spiro atoms. The van der Waals surface area contributed by atoms with E-state index in [-0.39, 0.29) is 11.6 Å². The molecule has 0 aliphatic carbocycles. The molecule has 1 atom stereocenters. The van der Waals surface area contributed by atoms with Crippen molar-refractivity contribution in [3.8, 4) is 18.4 Å². The van der Waals surface area contributed by atoms with Gasteiger partial charge in [-0.2, -0.15) is 5.26 Å². The van der Waals surface area contributed by atoms with Crippen LogP contribution in [0.2, 0.25) is 5.02 Å². The van der Waals surface area contributed by atoms with Gasteiger partial charge >= 0.3 is 0 Å². The fourth-order valence-corrected chi connectivity index (χ4v) is 1.28. The van der Waals surface area contributed by atoms with E-state index in [2.05, 4.69) is 11.2 Å². The zero-order valence-corrected chi connectivity index (χ0v) is 8.55. The highest BCUT2D eigenvalue weighted by molar-refractivity contribution is 6.30. The summed E-state index contributed by atoms with van der Waals surface area (Å²) in [6, 6.07) is 5.57.